The van der Waals surface area contributed by atoms with Gasteiger partial charge in [-0.2, -0.15) is 0 Å². The van der Waals surface area contributed by atoms with Gasteiger partial charge in [0.15, 0.2) is 0 Å². The van der Waals surface area contributed by atoms with Gasteiger partial charge in [-0.25, -0.2) is 0 Å². The number of ether oxygens (including phenoxy) is 1. The molecule has 1 aromatic rings. The lowest BCUT2D eigenvalue weighted by atomic mass is 9.95. The van der Waals surface area contributed by atoms with Gasteiger partial charge in [0, 0.05) is 6.54 Å². The third kappa shape index (κ3) is 3.83. The summed E-state index contributed by atoms with van der Waals surface area (Å²) in [7, 11) is 5.87. The van der Waals surface area contributed by atoms with Crippen LogP contribution in [-0.2, 0) is 0 Å². The van der Waals surface area contributed by atoms with Crippen LogP contribution in [0.4, 0.5) is 0 Å². The molecule has 0 saturated heterocycles. The molecule has 90 valence electrons. The number of benzene rings is 1. The molecule has 16 heavy (non-hydrogen) atoms. The smallest absolute Gasteiger partial charge is 0.118 e. The maximum absolute atomic E-state index is 5.66. The fraction of sp³-hybridized carbons (Fsp3) is 0.538. The summed E-state index contributed by atoms with van der Waals surface area (Å²) in [6.45, 7) is 1.76. The van der Waals surface area contributed by atoms with Crippen molar-refractivity contribution >= 4 is 0 Å². The lowest BCUT2D eigenvalue weighted by Gasteiger charge is -2.21. The Kier molecular flexibility index (Phi) is 5.29. The maximum atomic E-state index is 5.66. The molecule has 2 N–H and O–H groups in total. The van der Waals surface area contributed by atoms with Gasteiger partial charge in [0.2, 0.25) is 0 Å². The molecule has 0 aliphatic carbocycles. The van der Waals surface area contributed by atoms with Crippen molar-refractivity contribution in [3.05, 3.63) is 29.8 Å². The second kappa shape index (κ2) is 6.51. The predicted molar refractivity (Wildman–Crippen MR) is 68.0 cm³/mol. The molecule has 0 aliphatic rings. The van der Waals surface area contributed by atoms with Crippen LogP contribution in [0.25, 0.3) is 0 Å². The van der Waals surface area contributed by atoms with Crippen molar-refractivity contribution in [1.82, 2.24) is 4.90 Å². The van der Waals surface area contributed by atoms with Gasteiger partial charge in [0.25, 0.3) is 0 Å². The number of hydrogen-bond donors (Lipinski definition) is 1. The largest absolute Gasteiger partial charge is 0.497 e. The second-order valence-corrected chi connectivity index (χ2v) is 4.31. The molecule has 1 aromatic carbocycles. The number of nitrogens with zero attached hydrogens (tertiary/aromatic N) is 1. The van der Waals surface area contributed by atoms with E-state index in [1.54, 1.807) is 7.11 Å². The van der Waals surface area contributed by atoms with Gasteiger partial charge in [-0.15, -0.1) is 0 Å². The van der Waals surface area contributed by atoms with E-state index >= 15 is 0 Å². The highest BCUT2D eigenvalue weighted by atomic mass is 16.5. The molecular formula is C13H22N2O. The number of likely N-dealkylation sites (N-methyl/N-ethyl adjacent to an activating group) is 1. The minimum Gasteiger partial charge on any atom is -0.497 e. The molecule has 0 bridgehead atoms. The van der Waals surface area contributed by atoms with Crippen molar-refractivity contribution in [2.24, 2.45) is 5.73 Å². The average Bonchev–Trinajstić information content (AvgIpc) is 2.28. The second-order valence-electron chi connectivity index (χ2n) is 4.31. The Morgan fingerprint density at radius 2 is 1.88 bits per heavy atom. The zero-order chi connectivity index (χ0) is 12.0. The molecule has 0 heterocycles. The summed E-state index contributed by atoms with van der Waals surface area (Å²) in [6, 6.07) is 8.27. The summed E-state index contributed by atoms with van der Waals surface area (Å²) in [6.07, 6.45) is 1.02. The minimum absolute atomic E-state index is 0.505. The fourth-order valence-electron chi connectivity index (χ4n) is 1.88. The molecule has 1 unspecified atom stereocenters. The third-order valence-corrected chi connectivity index (χ3v) is 2.69. The molecular weight excluding hydrogens is 200 g/mol. The first-order valence-corrected chi connectivity index (χ1v) is 5.66. The van der Waals surface area contributed by atoms with Crippen LogP contribution < -0.4 is 10.5 Å². The van der Waals surface area contributed by atoms with Crippen LogP contribution in [-0.4, -0.2) is 39.2 Å². The number of hydrogen-bond acceptors (Lipinski definition) is 3. The van der Waals surface area contributed by atoms with Crippen molar-refractivity contribution in [1.29, 1.82) is 0 Å². The highest BCUT2D eigenvalue weighted by Crippen LogP contribution is 2.22. The summed E-state index contributed by atoms with van der Waals surface area (Å²) >= 11 is 0. The summed E-state index contributed by atoms with van der Waals surface area (Å²) in [4.78, 5) is 2.20. The van der Waals surface area contributed by atoms with Crippen LogP contribution in [0.5, 0.6) is 5.75 Å². The molecule has 0 spiro atoms. The first-order valence-electron chi connectivity index (χ1n) is 5.66. The molecule has 3 heteroatoms. The summed E-state index contributed by atoms with van der Waals surface area (Å²) in [5.41, 5.74) is 6.99. The number of rotatable bonds is 6. The monoisotopic (exact) mass is 222 g/mol. The maximum Gasteiger partial charge on any atom is 0.118 e. The van der Waals surface area contributed by atoms with Crippen molar-refractivity contribution in [2.75, 3.05) is 34.3 Å². The molecule has 1 rings (SSSR count). The Morgan fingerprint density at radius 3 is 2.31 bits per heavy atom. The van der Waals surface area contributed by atoms with Crippen LogP contribution >= 0.6 is 0 Å². The molecule has 0 aromatic heterocycles. The molecule has 3 nitrogen and oxygen atoms in total. The predicted octanol–water partition coefficient (Wildman–Crippen LogP) is 1.69. The molecule has 0 amide bonds. The van der Waals surface area contributed by atoms with Crippen LogP contribution in [0.15, 0.2) is 24.3 Å². The fourth-order valence-corrected chi connectivity index (χ4v) is 1.88. The van der Waals surface area contributed by atoms with Crippen molar-refractivity contribution in [3.63, 3.8) is 0 Å². The topological polar surface area (TPSA) is 38.5 Å². The summed E-state index contributed by atoms with van der Waals surface area (Å²) in [5.74, 6) is 1.41. The van der Waals surface area contributed by atoms with Gasteiger partial charge < -0.3 is 15.4 Å². The van der Waals surface area contributed by atoms with Gasteiger partial charge in [0.1, 0.15) is 5.75 Å². The van der Waals surface area contributed by atoms with Crippen LogP contribution in [0.2, 0.25) is 0 Å². The number of nitrogens with two attached hydrogens (primary N) is 1. The van der Waals surface area contributed by atoms with Gasteiger partial charge in [0.05, 0.1) is 7.11 Å². The highest BCUT2D eigenvalue weighted by molar-refractivity contribution is 5.29. The van der Waals surface area contributed by atoms with E-state index in [0.29, 0.717) is 5.92 Å². The Hall–Kier alpha value is -1.06. The normalized spacial score (nSPS) is 12.8. The Bertz CT molecular complexity index is 295. The van der Waals surface area contributed by atoms with E-state index < -0.39 is 0 Å². The molecule has 0 fully saturated rings. The molecule has 0 saturated carbocycles. The summed E-state index contributed by atoms with van der Waals surface area (Å²) in [5, 5.41) is 0. The third-order valence-electron chi connectivity index (χ3n) is 2.69. The lowest BCUT2D eigenvalue weighted by molar-refractivity contribution is 0.364. The Labute approximate surface area is 98.2 Å². The highest BCUT2D eigenvalue weighted by Gasteiger charge is 2.11. The first kappa shape index (κ1) is 13.0. The average molecular weight is 222 g/mol. The lowest BCUT2D eigenvalue weighted by Crippen LogP contribution is -2.22. The Balaban J connectivity index is 2.75. The van der Waals surface area contributed by atoms with Gasteiger partial charge in [-0.3, -0.25) is 0 Å². The van der Waals surface area contributed by atoms with Crippen molar-refractivity contribution in [2.45, 2.75) is 12.3 Å². The van der Waals surface area contributed by atoms with E-state index in [1.165, 1.54) is 5.56 Å². The van der Waals surface area contributed by atoms with E-state index in [-0.39, 0.29) is 0 Å². The molecule has 0 aliphatic heterocycles. The van der Waals surface area contributed by atoms with Crippen LogP contribution in [0.3, 0.4) is 0 Å². The van der Waals surface area contributed by atoms with E-state index in [2.05, 4.69) is 31.1 Å². The van der Waals surface area contributed by atoms with E-state index in [0.717, 1.165) is 25.3 Å². The SMILES string of the molecule is COc1ccc(C(CCN)CN(C)C)cc1. The quantitative estimate of drug-likeness (QED) is 0.796. The zero-order valence-corrected chi connectivity index (χ0v) is 10.4. The van der Waals surface area contributed by atoms with Crippen molar-refractivity contribution in [3.8, 4) is 5.75 Å². The standard InChI is InChI=1S/C13H22N2O/c1-15(2)10-12(8-9-14)11-4-6-13(16-3)7-5-11/h4-7,12H,8-10,14H2,1-3H3. The minimum atomic E-state index is 0.505. The molecule has 1 atom stereocenters. The summed E-state index contributed by atoms with van der Waals surface area (Å²) < 4.78 is 5.15. The Morgan fingerprint density at radius 1 is 1.25 bits per heavy atom. The van der Waals surface area contributed by atoms with Crippen LogP contribution in [0, 0.1) is 0 Å². The van der Waals surface area contributed by atoms with Gasteiger partial charge in [-0.1, -0.05) is 12.1 Å². The van der Waals surface area contributed by atoms with Gasteiger partial charge >= 0.3 is 0 Å². The first-order chi connectivity index (χ1) is 7.67. The zero-order valence-electron chi connectivity index (χ0n) is 10.4. The van der Waals surface area contributed by atoms with Crippen molar-refractivity contribution < 1.29 is 4.74 Å². The van der Waals surface area contributed by atoms with E-state index in [1.807, 2.05) is 12.1 Å². The number of methoxy groups -OCH3 is 1. The van der Waals surface area contributed by atoms with Gasteiger partial charge in [-0.05, 0) is 50.7 Å². The van der Waals surface area contributed by atoms with E-state index in [4.69, 9.17) is 10.5 Å². The van der Waals surface area contributed by atoms with Crippen LogP contribution in [0.1, 0.15) is 17.9 Å². The molecule has 0 radical (unpaired) electrons. The van der Waals surface area contributed by atoms with E-state index in [9.17, 15) is 0 Å².